The number of aryl methyl sites for hydroxylation is 2. The molecule has 0 bridgehead atoms. The summed E-state index contributed by atoms with van der Waals surface area (Å²) < 4.78 is 24.0. The highest BCUT2D eigenvalue weighted by molar-refractivity contribution is 5.96. The third kappa shape index (κ3) is 7.86. The SMILES string of the molecule is C=CCOC(=O)N(C)Cc1cc(NC(=O)[C@H](C)NC(=O)OC(C)(C)C)ccc1COc1ccc2nc3c(c4c2c1CCC4)Cn1c-3cc2c(c1=O)COC(=O)[C@]2(O)CC. The molecule has 2 aliphatic heterocycles. The number of aromatic nitrogens is 2. The van der Waals surface area contributed by atoms with Crippen LogP contribution in [0.3, 0.4) is 0 Å². The molecule has 2 aromatic heterocycles. The topological polar surface area (TPSA) is 188 Å². The van der Waals surface area contributed by atoms with Crippen LogP contribution in [0, 0.1) is 0 Å². The highest BCUT2D eigenvalue weighted by Crippen LogP contribution is 2.44. The standard InChI is InChI=1S/C44H49N5O10/c1-8-17-56-42(54)48(7)20-26-18-27(46-38(50)24(3)45-41(53)59-43(4,5)6)14-13-25(26)22-57-35-16-15-33-36-28(11-10-12-29(35)36)30-21-49-34(37(30)47-33)19-32-31(39(49)51)23-58-40(52)44(32,55)9-2/h8,13-16,18-19,24,55H,1,9-12,17,20-23H2,2-7H3,(H,45,53)(H,46,50)/t24-,44-/m0/s1. The molecule has 0 unspecified atom stereocenters. The number of cyclic esters (lactones) is 1. The van der Waals surface area contributed by atoms with Crippen molar-refractivity contribution in [3.8, 4) is 17.1 Å². The molecule has 4 heterocycles. The molecule has 0 fully saturated rings. The van der Waals surface area contributed by atoms with Crippen LogP contribution in [-0.2, 0) is 68.5 Å². The van der Waals surface area contributed by atoms with Crippen molar-refractivity contribution in [2.45, 2.75) is 104 Å². The Morgan fingerprint density at radius 2 is 1.85 bits per heavy atom. The second kappa shape index (κ2) is 15.9. The molecule has 3 amide bonds. The maximum absolute atomic E-state index is 13.8. The van der Waals surface area contributed by atoms with Gasteiger partial charge in [-0.1, -0.05) is 25.6 Å². The van der Waals surface area contributed by atoms with Gasteiger partial charge in [0.05, 0.1) is 29.0 Å². The summed E-state index contributed by atoms with van der Waals surface area (Å²) in [5.74, 6) is -0.549. The van der Waals surface area contributed by atoms with E-state index in [9.17, 15) is 29.1 Å². The lowest BCUT2D eigenvalue weighted by molar-refractivity contribution is -0.172. The fourth-order valence-corrected chi connectivity index (χ4v) is 7.93. The third-order valence-electron chi connectivity index (χ3n) is 10.9. The van der Waals surface area contributed by atoms with E-state index in [-0.39, 0.29) is 49.5 Å². The molecule has 4 aromatic rings. The van der Waals surface area contributed by atoms with E-state index in [0.717, 1.165) is 52.4 Å². The van der Waals surface area contributed by atoms with Crippen LogP contribution in [0.5, 0.6) is 5.75 Å². The first-order chi connectivity index (χ1) is 28.0. The number of esters is 1. The summed E-state index contributed by atoms with van der Waals surface area (Å²) in [6, 6.07) is 9.92. The Labute approximate surface area is 341 Å². The molecular formula is C44H49N5O10. The smallest absolute Gasteiger partial charge is 0.410 e. The Bertz CT molecular complexity index is 2470. The van der Waals surface area contributed by atoms with Gasteiger partial charge in [-0.25, -0.2) is 19.4 Å². The minimum absolute atomic E-state index is 0.0473. The number of nitrogens with zero attached hydrogens (tertiary/aromatic N) is 3. The number of benzene rings is 2. The molecule has 3 aliphatic rings. The van der Waals surface area contributed by atoms with Crippen molar-refractivity contribution >= 4 is 40.7 Å². The van der Waals surface area contributed by atoms with Crippen molar-refractivity contribution in [2.24, 2.45) is 0 Å². The van der Waals surface area contributed by atoms with E-state index < -0.39 is 41.3 Å². The lowest BCUT2D eigenvalue weighted by atomic mass is 9.85. The van der Waals surface area contributed by atoms with Gasteiger partial charge in [0.2, 0.25) is 5.91 Å². The zero-order valence-corrected chi connectivity index (χ0v) is 34.2. The summed E-state index contributed by atoms with van der Waals surface area (Å²) in [4.78, 5) is 71.1. The quantitative estimate of drug-likeness (QED) is 0.0838. The average Bonchev–Trinajstić information content (AvgIpc) is 3.57. The molecule has 1 aliphatic carbocycles. The summed E-state index contributed by atoms with van der Waals surface area (Å²) in [5, 5.41) is 17.7. The van der Waals surface area contributed by atoms with Crippen molar-refractivity contribution in [3.63, 3.8) is 0 Å². The molecule has 2 aromatic carbocycles. The summed E-state index contributed by atoms with van der Waals surface area (Å²) >= 11 is 0. The molecular weight excluding hydrogens is 759 g/mol. The average molecular weight is 808 g/mol. The van der Waals surface area contributed by atoms with Gasteiger partial charge in [-0.2, -0.15) is 0 Å². The van der Waals surface area contributed by atoms with Gasteiger partial charge >= 0.3 is 18.2 Å². The maximum atomic E-state index is 13.8. The molecule has 310 valence electrons. The van der Waals surface area contributed by atoms with Crippen LogP contribution < -0.4 is 20.9 Å². The van der Waals surface area contributed by atoms with Crippen LogP contribution in [0.2, 0.25) is 0 Å². The van der Waals surface area contributed by atoms with Crippen molar-refractivity contribution in [2.75, 3.05) is 19.0 Å². The number of nitrogens with one attached hydrogen (secondary N) is 2. The van der Waals surface area contributed by atoms with Gasteiger partial charge in [-0.3, -0.25) is 9.59 Å². The van der Waals surface area contributed by atoms with Crippen molar-refractivity contribution in [1.29, 1.82) is 0 Å². The van der Waals surface area contributed by atoms with Crippen molar-refractivity contribution in [3.05, 3.63) is 98.4 Å². The summed E-state index contributed by atoms with van der Waals surface area (Å²) in [7, 11) is 1.60. The van der Waals surface area contributed by atoms with Gasteiger partial charge in [0.25, 0.3) is 5.56 Å². The van der Waals surface area contributed by atoms with Crippen LogP contribution in [0.1, 0.15) is 86.4 Å². The number of amides is 3. The lowest BCUT2D eigenvalue weighted by Crippen LogP contribution is -2.44. The van der Waals surface area contributed by atoms with Gasteiger partial charge in [0.15, 0.2) is 5.60 Å². The molecule has 7 rings (SSSR count). The highest BCUT2D eigenvalue weighted by Gasteiger charge is 2.45. The zero-order valence-electron chi connectivity index (χ0n) is 34.2. The Hall–Kier alpha value is -6.22. The summed E-state index contributed by atoms with van der Waals surface area (Å²) in [6.45, 7) is 12.5. The van der Waals surface area contributed by atoms with E-state index in [0.29, 0.717) is 34.9 Å². The minimum Gasteiger partial charge on any atom is -0.489 e. The molecule has 15 nitrogen and oxygen atoms in total. The highest BCUT2D eigenvalue weighted by atomic mass is 16.6. The van der Waals surface area contributed by atoms with Crippen LogP contribution in [-0.4, -0.2) is 68.9 Å². The van der Waals surface area contributed by atoms with Crippen LogP contribution in [0.4, 0.5) is 15.3 Å². The molecule has 15 heteroatoms. The van der Waals surface area contributed by atoms with E-state index in [4.69, 9.17) is 23.9 Å². The second-order valence-corrected chi connectivity index (χ2v) is 16.2. The first-order valence-corrected chi connectivity index (χ1v) is 19.7. The van der Waals surface area contributed by atoms with Crippen LogP contribution >= 0.6 is 0 Å². The second-order valence-electron chi connectivity index (χ2n) is 16.2. The number of ether oxygens (including phenoxy) is 4. The maximum Gasteiger partial charge on any atom is 0.410 e. The monoisotopic (exact) mass is 807 g/mol. The van der Waals surface area contributed by atoms with Gasteiger partial charge in [0.1, 0.15) is 37.2 Å². The molecule has 0 saturated heterocycles. The van der Waals surface area contributed by atoms with E-state index in [1.165, 1.54) is 11.0 Å². The Morgan fingerprint density at radius 3 is 2.58 bits per heavy atom. The van der Waals surface area contributed by atoms with Gasteiger partial charge in [-0.05, 0) is 100 Å². The van der Waals surface area contributed by atoms with E-state index in [2.05, 4.69) is 17.2 Å². The molecule has 3 N–H and O–H groups in total. The third-order valence-corrected chi connectivity index (χ3v) is 10.9. The van der Waals surface area contributed by atoms with Crippen LogP contribution in [0.25, 0.3) is 22.3 Å². The summed E-state index contributed by atoms with van der Waals surface area (Å²) in [6.07, 6.45) is 2.64. The molecule has 59 heavy (non-hydrogen) atoms. The molecule has 0 spiro atoms. The Balaban J connectivity index is 1.17. The largest absolute Gasteiger partial charge is 0.489 e. The fraction of sp³-hybridized carbons (Fsp3) is 0.409. The normalized spacial score (nSPS) is 16.8. The zero-order chi connectivity index (χ0) is 42.4. The summed E-state index contributed by atoms with van der Waals surface area (Å²) in [5.41, 5.74) is 4.51. The fourth-order valence-electron chi connectivity index (χ4n) is 7.93. The van der Waals surface area contributed by atoms with Crippen LogP contribution in [0.15, 0.2) is 53.8 Å². The predicted molar refractivity (Wildman–Crippen MR) is 218 cm³/mol. The van der Waals surface area contributed by atoms with Gasteiger partial charge in [-0.15, -0.1) is 0 Å². The number of anilines is 1. The number of alkyl carbamates (subject to hydrolysis) is 1. The first-order valence-electron chi connectivity index (χ1n) is 19.7. The number of pyridine rings is 2. The van der Waals surface area contributed by atoms with Gasteiger partial charge in [0, 0.05) is 41.4 Å². The van der Waals surface area contributed by atoms with Gasteiger partial charge < -0.3 is 44.2 Å². The molecule has 0 saturated carbocycles. The number of rotatable bonds is 11. The number of hydrogen-bond donors (Lipinski definition) is 3. The van der Waals surface area contributed by atoms with Crippen molar-refractivity contribution in [1.82, 2.24) is 19.8 Å². The number of carbonyl (C=O) groups is 4. The minimum atomic E-state index is -1.91. The Kier molecular flexibility index (Phi) is 11.0. The van der Waals surface area contributed by atoms with E-state index >= 15 is 0 Å². The first kappa shape index (κ1) is 41.0. The predicted octanol–water partition coefficient (Wildman–Crippen LogP) is 5.75. The molecule has 2 atom stereocenters. The van der Waals surface area contributed by atoms with Crippen molar-refractivity contribution < 1.29 is 43.2 Å². The lowest BCUT2D eigenvalue weighted by Gasteiger charge is -2.31. The van der Waals surface area contributed by atoms with E-state index in [1.54, 1.807) is 64.4 Å². The Morgan fingerprint density at radius 1 is 1.08 bits per heavy atom. The number of fused-ring (bicyclic) bond motifs is 5. The number of hydrogen-bond acceptors (Lipinski definition) is 11. The van der Waals surface area contributed by atoms with E-state index in [1.807, 2.05) is 18.2 Å². The number of aliphatic hydroxyl groups is 1. The number of carbonyl (C=O) groups excluding carboxylic acids is 4. The molecule has 0 radical (unpaired) electrons.